The third kappa shape index (κ3) is 1.59. The van der Waals surface area contributed by atoms with E-state index < -0.39 is 0 Å². The van der Waals surface area contributed by atoms with Crippen molar-refractivity contribution >= 4 is 55.5 Å². The molecule has 0 bridgehead atoms. The monoisotopic (exact) mass is 317 g/mol. The average molecular weight is 318 g/mol. The number of hydrogen-bond donors (Lipinski definition) is 0. The van der Waals surface area contributed by atoms with Gasteiger partial charge in [0.15, 0.2) is 16.7 Å². The number of halogens is 1. The summed E-state index contributed by atoms with van der Waals surface area (Å²) in [6.45, 7) is 0. The van der Waals surface area contributed by atoms with Crippen molar-refractivity contribution in [1.29, 1.82) is 5.26 Å². The van der Waals surface area contributed by atoms with Crippen LogP contribution in [0.4, 0.5) is 0 Å². The molecule has 0 saturated heterocycles. The molecule has 23 heavy (non-hydrogen) atoms. The number of benzene rings is 3. The summed E-state index contributed by atoms with van der Waals surface area (Å²) in [6.07, 6.45) is 0. The normalized spacial score (nSPS) is 11.7. The van der Waals surface area contributed by atoms with Crippen LogP contribution in [-0.4, -0.2) is 0 Å². The molecule has 0 atom stereocenters. The van der Waals surface area contributed by atoms with E-state index in [1.165, 1.54) is 0 Å². The maximum absolute atomic E-state index is 9.04. The average Bonchev–Trinajstić information content (AvgIpc) is 3.13. The van der Waals surface area contributed by atoms with Gasteiger partial charge in [-0.05, 0) is 36.4 Å². The van der Waals surface area contributed by atoms with E-state index in [2.05, 4.69) is 6.07 Å². The topological polar surface area (TPSA) is 50.1 Å². The zero-order chi connectivity index (χ0) is 15.6. The highest BCUT2D eigenvalue weighted by molar-refractivity contribution is 6.36. The first-order valence-corrected chi connectivity index (χ1v) is 7.50. The largest absolute Gasteiger partial charge is 0.452 e. The second-order valence-corrected chi connectivity index (χ2v) is 5.87. The maximum Gasteiger partial charge on any atom is 0.178 e. The summed E-state index contributed by atoms with van der Waals surface area (Å²) in [5, 5.41) is 13.5. The van der Waals surface area contributed by atoms with Crippen molar-refractivity contribution in [2.45, 2.75) is 0 Å². The van der Waals surface area contributed by atoms with Gasteiger partial charge in [0, 0.05) is 21.5 Å². The molecule has 0 N–H and O–H groups in total. The van der Waals surface area contributed by atoms with E-state index in [-0.39, 0.29) is 0 Å². The first kappa shape index (κ1) is 12.6. The van der Waals surface area contributed by atoms with E-state index >= 15 is 0 Å². The van der Waals surface area contributed by atoms with Crippen LogP contribution < -0.4 is 0 Å². The molecule has 0 unspecified atom stereocenters. The summed E-state index contributed by atoms with van der Waals surface area (Å²) in [5.74, 6) is 0. The van der Waals surface area contributed by atoms with E-state index in [0.717, 1.165) is 21.5 Å². The fraction of sp³-hybridized carbons (Fsp3) is 0. The van der Waals surface area contributed by atoms with E-state index in [0.29, 0.717) is 32.9 Å². The standard InChI is InChI=1S/C19H8ClNO2/c20-15-3-1-2-12-14-7-6-13-11-5-4-10(9-21)8-16(11)22-18(13)19(14)23-17(12)15/h1-8H. The van der Waals surface area contributed by atoms with Crippen LogP contribution in [0.15, 0.2) is 57.4 Å². The molecule has 5 rings (SSSR count). The first-order valence-electron chi connectivity index (χ1n) is 7.12. The van der Waals surface area contributed by atoms with Crippen molar-refractivity contribution in [3.8, 4) is 6.07 Å². The molecule has 108 valence electrons. The van der Waals surface area contributed by atoms with Crippen LogP contribution in [0.2, 0.25) is 5.02 Å². The second-order valence-electron chi connectivity index (χ2n) is 5.46. The highest BCUT2D eigenvalue weighted by Crippen LogP contribution is 2.40. The Balaban J connectivity index is 2.01. The van der Waals surface area contributed by atoms with Gasteiger partial charge in [-0.2, -0.15) is 5.26 Å². The lowest BCUT2D eigenvalue weighted by Crippen LogP contribution is -1.72. The molecular weight excluding hydrogens is 310 g/mol. The summed E-state index contributed by atoms with van der Waals surface area (Å²) < 4.78 is 12.0. The van der Waals surface area contributed by atoms with Crippen LogP contribution in [0.5, 0.6) is 0 Å². The van der Waals surface area contributed by atoms with Crippen LogP contribution in [0.25, 0.3) is 43.9 Å². The number of fused-ring (bicyclic) bond motifs is 7. The molecule has 4 heteroatoms. The van der Waals surface area contributed by atoms with Crippen LogP contribution >= 0.6 is 11.6 Å². The number of rotatable bonds is 0. The zero-order valence-electron chi connectivity index (χ0n) is 11.8. The molecule has 0 saturated carbocycles. The van der Waals surface area contributed by atoms with E-state index in [4.69, 9.17) is 25.7 Å². The fourth-order valence-corrected chi connectivity index (χ4v) is 3.34. The van der Waals surface area contributed by atoms with Crippen molar-refractivity contribution in [3.63, 3.8) is 0 Å². The highest BCUT2D eigenvalue weighted by Gasteiger charge is 2.16. The van der Waals surface area contributed by atoms with Gasteiger partial charge in [0.05, 0.1) is 16.7 Å². The Kier molecular flexibility index (Phi) is 2.34. The number of nitriles is 1. The molecule has 5 aromatic rings. The molecule has 3 aromatic carbocycles. The van der Waals surface area contributed by atoms with Gasteiger partial charge in [-0.3, -0.25) is 0 Å². The molecule has 0 radical (unpaired) electrons. The molecule has 0 aliphatic rings. The van der Waals surface area contributed by atoms with Crippen LogP contribution in [0.3, 0.4) is 0 Å². The number of para-hydroxylation sites is 1. The Morgan fingerprint density at radius 3 is 2.30 bits per heavy atom. The Hall–Kier alpha value is -2.96. The molecule has 2 heterocycles. The second kappa shape index (κ2) is 4.28. The first-order chi connectivity index (χ1) is 11.3. The van der Waals surface area contributed by atoms with Crippen molar-refractivity contribution in [2.75, 3.05) is 0 Å². The van der Waals surface area contributed by atoms with Gasteiger partial charge in [-0.1, -0.05) is 23.7 Å². The van der Waals surface area contributed by atoms with Crippen molar-refractivity contribution in [2.24, 2.45) is 0 Å². The Bertz CT molecular complexity index is 1290. The van der Waals surface area contributed by atoms with Gasteiger partial charge in [-0.15, -0.1) is 0 Å². The Morgan fingerprint density at radius 2 is 1.48 bits per heavy atom. The van der Waals surface area contributed by atoms with Crippen LogP contribution in [0, 0.1) is 11.3 Å². The Morgan fingerprint density at radius 1 is 0.783 bits per heavy atom. The minimum Gasteiger partial charge on any atom is -0.452 e. The zero-order valence-corrected chi connectivity index (χ0v) is 12.5. The van der Waals surface area contributed by atoms with Gasteiger partial charge in [-0.25, -0.2) is 0 Å². The lowest BCUT2D eigenvalue weighted by molar-refractivity contribution is 0.633. The van der Waals surface area contributed by atoms with Crippen molar-refractivity contribution < 1.29 is 8.83 Å². The molecule has 0 aliphatic carbocycles. The lowest BCUT2D eigenvalue weighted by Gasteiger charge is -1.91. The number of hydrogen-bond acceptors (Lipinski definition) is 3. The predicted octanol–water partition coefficient (Wildman–Crippen LogP) is 6.01. The molecule has 0 amide bonds. The SMILES string of the molecule is N#Cc1ccc2c(c1)oc1c2ccc2c3cccc(Cl)c3oc21. The summed E-state index contributed by atoms with van der Waals surface area (Å²) in [7, 11) is 0. The number of furan rings is 2. The summed E-state index contributed by atoms with van der Waals surface area (Å²) in [5.41, 5.74) is 3.27. The minimum absolute atomic E-state index is 0.570. The molecular formula is C19H8ClNO2. The minimum atomic E-state index is 0.570. The molecule has 2 aromatic heterocycles. The summed E-state index contributed by atoms with van der Waals surface area (Å²) >= 11 is 6.24. The summed E-state index contributed by atoms with van der Waals surface area (Å²) in [4.78, 5) is 0. The lowest BCUT2D eigenvalue weighted by atomic mass is 10.1. The van der Waals surface area contributed by atoms with Crippen LogP contribution in [-0.2, 0) is 0 Å². The van der Waals surface area contributed by atoms with E-state index in [9.17, 15) is 0 Å². The smallest absolute Gasteiger partial charge is 0.178 e. The van der Waals surface area contributed by atoms with Crippen molar-refractivity contribution in [3.05, 3.63) is 59.1 Å². The Labute approximate surface area is 135 Å². The van der Waals surface area contributed by atoms with E-state index in [1.807, 2.05) is 30.3 Å². The predicted molar refractivity (Wildman–Crippen MR) is 90.7 cm³/mol. The highest BCUT2D eigenvalue weighted by atomic mass is 35.5. The third-order valence-electron chi connectivity index (χ3n) is 4.19. The molecule has 0 fully saturated rings. The van der Waals surface area contributed by atoms with Gasteiger partial charge in [0.25, 0.3) is 0 Å². The van der Waals surface area contributed by atoms with Gasteiger partial charge in [0.1, 0.15) is 5.58 Å². The quantitative estimate of drug-likeness (QED) is 0.351. The maximum atomic E-state index is 9.04. The fourth-order valence-electron chi connectivity index (χ4n) is 3.13. The van der Waals surface area contributed by atoms with Gasteiger partial charge in [0.2, 0.25) is 0 Å². The molecule has 0 aliphatic heterocycles. The van der Waals surface area contributed by atoms with Crippen molar-refractivity contribution in [1.82, 2.24) is 0 Å². The van der Waals surface area contributed by atoms with E-state index in [1.54, 1.807) is 18.2 Å². The van der Waals surface area contributed by atoms with Gasteiger partial charge < -0.3 is 8.83 Å². The van der Waals surface area contributed by atoms with Crippen LogP contribution in [0.1, 0.15) is 5.56 Å². The van der Waals surface area contributed by atoms with Gasteiger partial charge >= 0.3 is 0 Å². The molecule has 3 nitrogen and oxygen atoms in total. The summed E-state index contributed by atoms with van der Waals surface area (Å²) in [6, 6.07) is 17.3. The molecule has 0 spiro atoms. The third-order valence-corrected chi connectivity index (χ3v) is 4.48. The number of nitrogens with zero attached hydrogens (tertiary/aromatic N) is 1.